The zero-order chi connectivity index (χ0) is 13.0. The Morgan fingerprint density at radius 3 is 2.12 bits per heavy atom. The van der Waals surface area contributed by atoms with Gasteiger partial charge in [-0.15, -0.1) is 0 Å². The van der Waals surface area contributed by atoms with Crippen LogP contribution in [0.1, 0.15) is 34.6 Å². The molecule has 96 valence electrons. The average molecular weight is 354 g/mol. The second-order valence-electron chi connectivity index (χ2n) is 6.02. The number of alkyl halides is 1. The molecule has 16 heavy (non-hydrogen) atoms. The van der Waals surface area contributed by atoms with Gasteiger partial charge >= 0.3 is 0 Å². The van der Waals surface area contributed by atoms with Gasteiger partial charge < -0.3 is 4.43 Å². The lowest BCUT2D eigenvalue weighted by molar-refractivity contribution is 0.164. The highest BCUT2D eigenvalue weighted by molar-refractivity contribution is 14.1. The fraction of sp³-hybridized carbons (Fsp3) is 0.846. The maximum absolute atomic E-state index is 6.35. The summed E-state index contributed by atoms with van der Waals surface area (Å²) >= 11 is 2.37. The van der Waals surface area contributed by atoms with Gasteiger partial charge in [0.25, 0.3) is 0 Å². The summed E-state index contributed by atoms with van der Waals surface area (Å²) in [5.41, 5.74) is 0. The second kappa shape index (κ2) is 6.54. The maximum Gasteiger partial charge on any atom is 0.192 e. The molecule has 0 rings (SSSR count). The summed E-state index contributed by atoms with van der Waals surface area (Å²) in [5, 5.41) is 0.300. The Bertz CT molecular complexity index is 231. The third-order valence-electron chi connectivity index (χ3n) is 3.56. The van der Waals surface area contributed by atoms with Gasteiger partial charge in [-0.05, 0) is 31.0 Å². The summed E-state index contributed by atoms with van der Waals surface area (Å²) in [7, 11) is -1.61. The van der Waals surface area contributed by atoms with E-state index in [2.05, 4.69) is 82.5 Å². The molecule has 0 aliphatic rings. The van der Waals surface area contributed by atoms with Crippen molar-refractivity contribution in [2.45, 2.75) is 58.9 Å². The Kier molecular flexibility index (Phi) is 6.81. The first-order valence-corrected chi connectivity index (χ1v) is 10.5. The molecule has 0 heterocycles. The van der Waals surface area contributed by atoms with Crippen molar-refractivity contribution in [3.8, 4) is 0 Å². The first kappa shape index (κ1) is 16.6. The van der Waals surface area contributed by atoms with Gasteiger partial charge in [0.05, 0.1) is 0 Å². The summed E-state index contributed by atoms with van der Waals surface area (Å²) in [6, 6.07) is 0. The monoisotopic (exact) mass is 354 g/mol. The summed E-state index contributed by atoms with van der Waals surface area (Å²) in [6.45, 7) is 15.9. The van der Waals surface area contributed by atoms with Crippen molar-refractivity contribution in [3.05, 3.63) is 12.2 Å². The van der Waals surface area contributed by atoms with Crippen LogP contribution < -0.4 is 0 Å². The molecule has 0 aromatic rings. The summed E-state index contributed by atoms with van der Waals surface area (Å²) in [6.07, 6.45) is 4.81. The van der Waals surface area contributed by atoms with Crippen LogP contribution in [0.4, 0.5) is 0 Å². The van der Waals surface area contributed by atoms with Crippen LogP contribution in [0.5, 0.6) is 0 Å². The molecule has 0 fully saturated rings. The maximum atomic E-state index is 6.35. The van der Waals surface area contributed by atoms with E-state index in [0.717, 1.165) is 4.43 Å². The molecule has 0 amide bonds. The number of hydrogen-bond acceptors (Lipinski definition) is 1. The average Bonchev–Trinajstić information content (AvgIpc) is 2.11. The Hall–Kier alpha value is 0.647. The van der Waals surface area contributed by atoms with Crippen LogP contribution in [0.15, 0.2) is 12.2 Å². The molecule has 0 aromatic heterocycles. The van der Waals surface area contributed by atoms with Crippen molar-refractivity contribution in [3.63, 3.8) is 0 Å². The lowest BCUT2D eigenvalue weighted by Crippen LogP contribution is -2.44. The van der Waals surface area contributed by atoms with Crippen molar-refractivity contribution in [2.75, 3.05) is 4.43 Å². The largest absolute Gasteiger partial charge is 0.414 e. The van der Waals surface area contributed by atoms with Gasteiger partial charge in [0.2, 0.25) is 0 Å². The molecular weight excluding hydrogens is 327 g/mol. The molecule has 0 aliphatic heterocycles. The van der Waals surface area contributed by atoms with E-state index in [-0.39, 0.29) is 0 Å². The third kappa shape index (κ3) is 5.32. The van der Waals surface area contributed by atoms with E-state index in [1.54, 1.807) is 0 Å². The van der Waals surface area contributed by atoms with Crippen LogP contribution >= 0.6 is 22.6 Å². The minimum absolute atomic E-state index is 0.300. The number of allylic oxidation sites excluding steroid dienone is 1. The van der Waals surface area contributed by atoms with Gasteiger partial charge in [-0.1, -0.05) is 62.4 Å². The minimum Gasteiger partial charge on any atom is -0.414 e. The molecule has 0 bridgehead atoms. The molecule has 0 N–H and O–H groups in total. The molecular formula is C13H27IOSi. The molecule has 0 aromatic carbocycles. The molecule has 1 nitrogen and oxygen atoms in total. The van der Waals surface area contributed by atoms with Gasteiger partial charge in [0, 0.05) is 10.5 Å². The number of halogens is 1. The van der Waals surface area contributed by atoms with Crippen molar-refractivity contribution in [1.29, 1.82) is 0 Å². The van der Waals surface area contributed by atoms with E-state index >= 15 is 0 Å². The van der Waals surface area contributed by atoms with Crippen LogP contribution in [-0.4, -0.2) is 18.8 Å². The van der Waals surface area contributed by atoms with Gasteiger partial charge in [0.15, 0.2) is 8.32 Å². The zero-order valence-corrected chi connectivity index (χ0v) is 15.0. The normalized spacial score (nSPS) is 17.8. The minimum atomic E-state index is -1.61. The van der Waals surface area contributed by atoms with E-state index in [9.17, 15) is 0 Å². The first-order chi connectivity index (χ1) is 7.12. The quantitative estimate of drug-likeness (QED) is 0.291. The smallest absolute Gasteiger partial charge is 0.192 e. The molecule has 0 unspecified atom stereocenters. The Balaban J connectivity index is 4.44. The highest BCUT2D eigenvalue weighted by Gasteiger charge is 2.38. The van der Waals surface area contributed by atoms with Crippen LogP contribution in [0.25, 0.3) is 0 Å². The third-order valence-corrected chi connectivity index (χ3v) is 8.64. The van der Waals surface area contributed by atoms with Crippen LogP contribution in [0.3, 0.4) is 0 Å². The van der Waals surface area contributed by atoms with Crippen LogP contribution in [-0.2, 0) is 4.43 Å². The van der Waals surface area contributed by atoms with Gasteiger partial charge in [-0.3, -0.25) is 0 Å². The lowest BCUT2D eigenvalue weighted by atomic mass is 10.1. The molecule has 0 aliphatic carbocycles. The Labute approximate surface area is 116 Å². The van der Waals surface area contributed by atoms with Crippen LogP contribution in [0.2, 0.25) is 18.1 Å². The fourth-order valence-corrected chi connectivity index (χ4v) is 2.96. The predicted octanol–water partition coefficient (Wildman–Crippen LogP) is 5.02. The molecule has 2 atom stereocenters. The molecule has 0 saturated carbocycles. The molecule has 3 heteroatoms. The molecule has 0 radical (unpaired) electrons. The summed E-state index contributed by atoms with van der Waals surface area (Å²) in [5.74, 6) is 0.504. The molecule has 0 spiro atoms. The van der Waals surface area contributed by atoms with Crippen molar-refractivity contribution in [2.24, 2.45) is 5.92 Å². The van der Waals surface area contributed by atoms with Gasteiger partial charge in [-0.25, -0.2) is 0 Å². The van der Waals surface area contributed by atoms with E-state index in [1.165, 1.54) is 0 Å². The first-order valence-electron chi connectivity index (χ1n) is 6.02. The van der Waals surface area contributed by atoms with E-state index in [0.29, 0.717) is 17.1 Å². The Morgan fingerprint density at radius 2 is 1.75 bits per heavy atom. The van der Waals surface area contributed by atoms with Crippen LogP contribution in [0, 0.1) is 5.92 Å². The SMILES string of the molecule is C[C@H](/C=C/CI)[C@H](C)O[Si](C)(C)C(C)(C)C. The Morgan fingerprint density at radius 1 is 1.25 bits per heavy atom. The van der Waals surface area contributed by atoms with E-state index in [4.69, 9.17) is 4.43 Å². The predicted molar refractivity (Wildman–Crippen MR) is 84.9 cm³/mol. The van der Waals surface area contributed by atoms with Crippen molar-refractivity contribution < 1.29 is 4.43 Å². The number of hydrogen-bond donors (Lipinski definition) is 0. The highest BCUT2D eigenvalue weighted by Crippen LogP contribution is 2.38. The van der Waals surface area contributed by atoms with Crippen molar-refractivity contribution >= 4 is 30.9 Å². The topological polar surface area (TPSA) is 9.23 Å². The second-order valence-corrected chi connectivity index (χ2v) is 11.7. The standard InChI is InChI=1S/C13H27IOSi/c1-11(9-8-10-14)12(2)15-16(6,7)13(3,4)5/h8-9,11-12H,10H2,1-7H3/b9-8+/t11-,12+/m1/s1. The van der Waals surface area contributed by atoms with Crippen molar-refractivity contribution in [1.82, 2.24) is 0 Å². The highest BCUT2D eigenvalue weighted by atomic mass is 127. The molecule has 0 saturated heterocycles. The van der Waals surface area contributed by atoms with Gasteiger partial charge in [-0.2, -0.15) is 0 Å². The van der Waals surface area contributed by atoms with E-state index in [1.807, 2.05) is 0 Å². The fourth-order valence-electron chi connectivity index (χ4n) is 1.17. The number of rotatable bonds is 5. The summed E-state index contributed by atoms with van der Waals surface area (Å²) < 4.78 is 7.42. The lowest BCUT2D eigenvalue weighted by Gasteiger charge is -2.39. The summed E-state index contributed by atoms with van der Waals surface area (Å²) in [4.78, 5) is 0. The van der Waals surface area contributed by atoms with Gasteiger partial charge in [0.1, 0.15) is 0 Å². The van der Waals surface area contributed by atoms with E-state index < -0.39 is 8.32 Å². The zero-order valence-electron chi connectivity index (χ0n) is 11.8.